The summed E-state index contributed by atoms with van der Waals surface area (Å²) in [5, 5.41) is 2.80. The SMILES string of the molecule is CCN(CCOC)C(=O)Nc1ccc(N)cc1. The fourth-order valence-electron chi connectivity index (χ4n) is 1.37. The molecule has 0 radical (unpaired) electrons. The average Bonchev–Trinajstić information content (AvgIpc) is 2.33. The molecule has 5 heteroatoms. The first-order chi connectivity index (χ1) is 8.17. The fraction of sp³-hybridized carbons (Fsp3) is 0.417. The van der Waals surface area contributed by atoms with Crippen molar-refractivity contribution in [2.45, 2.75) is 6.92 Å². The van der Waals surface area contributed by atoms with Gasteiger partial charge in [0.15, 0.2) is 0 Å². The van der Waals surface area contributed by atoms with Gasteiger partial charge in [-0.15, -0.1) is 0 Å². The number of likely N-dealkylation sites (N-methyl/N-ethyl adjacent to an activating group) is 1. The molecule has 0 aliphatic carbocycles. The molecule has 0 atom stereocenters. The summed E-state index contributed by atoms with van der Waals surface area (Å²) in [4.78, 5) is 13.5. The zero-order chi connectivity index (χ0) is 12.7. The van der Waals surface area contributed by atoms with E-state index in [1.54, 1.807) is 36.3 Å². The number of anilines is 2. The van der Waals surface area contributed by atoms with E-state index in [9.17, 15) is 4.79 Å². The van der Waals surface area contributed by atoms with Crippen molar-refractivity contribution in [3.05, 3.63) is 24.3 Å². The van der Waals surface area contributed by atoms with Crippen LogP contribution in [0.15, 0.2) is 24.3 Å². The zero-order valence-electron chi connectivity index (χ0n) is 10.3. The highest BCUT2D eigenvalue weighted by Gasteiger charge is 2.10. The smallest absolute Gasteiger partial charge is 0.321 e. The average molecular weight is 237 g/mol. The molecule has 17 heavy (non-hydrogen) atoms. The first kappa shape index (κ1) is 13.3. The number of urea groups is 1. The summed E-state index contributed by atoms with van der Waals surface area (Å²) in [6.45, 7) is 3.68. The van der Waals surface area contributed by atoms with E-state index in [1.165, 1.54) is 0 Å². The van der Waals surface area contributed by atoms with Gasteiger partial charge in [-0.25, -0.2) is 4.79 Å². The van der Waals surface area contributed by atoms with Gasteiger partial charge in [-0.1, -0.05) is 0 Å². The van der Waals surface area contributed by atoms with E-state index in [0.717, 1.165) is 5.69 Å². The summed E-state index contributed by atoms with van der Waals surface area (Å²) in [7, 11) is 1.62. The molecule has 0 aliphatic heterocycles. The van der Waals surface area contributed by atoms with Crippen molar-refractivity contribution in [3.63, 3.8) is 0 Å². The molecule has 0 aromatic heterocycles. The second-order valence-corrected chi connectivity index (χ2v) is 3.62. The van der Waals surface area contributed by atoms with Crippen LogP contribution in [-0.2, 0) is 4.74 Å². The van der Waals surface area contributed by atoms with E-state index in [4.69, 9.17) is 10.5 Å². The van der Waals surface area contributed by atoms with Crippen molar-refractivity contribution in [1.29, 1.82) is 0 Å². The van der Waals surface area contributed by atoms with Crippen LogP contribution in [0.2, 0.25) is 0 Å². The summed E-state index contributed by atoms with van der Waals surface area (Å²) in [6, 6.07) is 6.92. The summed E-state index contributed by atoms with van der Waals surface area (Å²) in [5.41, 5.74) is 6.98. The molecule has 0 heterocycles. The second kappa shape index (κ2) is 6.75. The van der Waals surface area contributed by atoms with Gasteiger partial charge in [0.1, 0.15) is 0 Å². The number of rotatable bonds is 5. The number of ether oxygens (including phenoxy) is 1. The lowest BCUT2D eigenvalue weighted by molar-refractivity contribution is 0.157. The monoisotopic (exact) mass is 237 g/mol. The van der Waals surface area contributed by atoms with Gasteiger partial charge in [0, 0.05) is 31.6 Å². The Balaban J connectivity index is 2.54. The van der Waals surface area contributed by atoms with Gasteiger partial charge in [-0.2, -0.15) is 0 Å². The minimum atomic E-state index is -0.130. The fourth-order valence-corrected chi connectivity index (χ4v) is 1.37. The number of hydrogen-bond donors (Lipinski definition) is 2. The second-order valence-electron chi connectivity index (χ2n) is 3.62. The van der Waals surface area contributed by atoms with Crippen molar-refractivity contribution in [3.8, 4) is 0 Å². The predicted molar refractivity (Wildman–Crippen MR) is 69.0 cm³/mol. The number of nitrogens with one attached hydrogen (secondary N) is 1. The lowest BCUT2D eigenvalue weighted by Gasteiger charge is -2.20. The Morgan fingerprint density at radius 1 is 1.41 bits per heavy atom. The van der Waals surface area contributed by atoms with Crippen LogP contribution in [0.3, 0.4) is 0 Å². The quantitative estimate of drug-likeness (QED) is 0.767. The Labute approximate surface area is 102 Å². The van der Waals surface area contributed by atoms with Crippen LogP contribution in [0.1, 0.15) is 6.92 Å². The molecule has 1 rings (SSSR count). The molecule has 0 unspecified atom stereocenters. The van der Waals surface area contributed by atoms with E-state index in [1.807, 2.05) is 6.92 Å². The third kappa shape index (κ3) is 4.32. The molecule has 0 saturated carbocycles. The van der Waals surface area contributed by atoms with Crippen LogP contribution >= 0.6 is 0 Å². The molecular formula is C12H19N3O2. The number of nitrogens with zero attached hydrogens (tertiary/aromatic N) is 1. The Bertz CT molecular complexity index is 351. The maximum absolute atomic E-state index is 11.9. The minimum Gasteiger partial charge on any atom is -0.399 e. The van der Waals surface area contributed by atoms with Crippen LogP contribution in [0.4, 0.5) is 16.2 Å². The Morgan fingerprint density at radius 2 is 2.06 bits per heavy atom. The number of nitrogens with two attached hydrogens (primary N) is 1. The van der Waals surface area contributed by atoms with E-state index in [-0.39, 0.29) is 6.03 Å². The molecule has 3 N–H and O–H groups in total. The van der Waals surface area contributed by atoms with Crippen molar-refractivity contribution in [2.24, 2.45) is 0 Å². The van der Waals surface area contributed by atoms with Crippen LogP contribution in [0.25, 0.3) is 0 Å². The van der Waals surface area contributed by atoms with Gasteiger partial charge in [0.05, 0.1) is 6.61 Å². The van der Waals surface area contributed by atoms with Gasteiger partial charge >= 0.3 is 6.03 Å². The molecule has 1 aromatic carbocycles. The molecule has 0 spiro atoms. The highest BCUT2D eigenvalue weighted by molar-refractivity contribution is 5.89. The summed E-state index contributed by atoms with van der Waals surface area (Å²) in [6.07, 6.45) is 0. The van der Waals surface area contributed by atoms with E-state index in [2.05, 4.69) is 5.32 Å². The standard InChI is InChI=1S/C12H19N3O2/c1-3-15(8-9-17-2)12(16)14-11-6-4-10(13)5-7-11/h4-7H,3,8-9,13H2,1-2H3,(H,14,16). The lowest BCUT2D eigenvalue weighted by atomic mass is 10.3. The number of nitrogen functional groups attached to an aromatic ring is 1. The first-order valence-corrected chi connectivity index (χ1v) is 5.57. The maximum atomic E-state index is 11.9. The number of hydrogen-bond acceptors (Lipinski definition) is 3. The molecule has 0 saturated heterocycles. The highest BCUT2D eigenvalue weighted by atomic mass is 16.5. The predicted octanol–water partition coefficient (Wildman–Crippen LogP) is 1.77. The van der Waals surface area contributed by atoms with Crippen LogP contribution in [-0.4, -0.2) is 37.7 Å². The van der Waals surface area contributed by atoms with Crippen LogP contribution in [0, 0.1) is 0 Å². The minimum absolute atomic E-state index is 0.130. The lowest BCUT2D eigenvalue weighted by Crippen LogP contribution is -2.37. The van der Waals surface area contributed by atoms with Crippen LogP contribution < -0.4 is 11.1 Å². The summed E-state index contributed by atoms with van der Waals surface area (Å²) in [5.74, 6) is 0. The normalized spacial score (nSPS) is 10.0. The molecule has 0 bridgehead atoms. The van der Waals surface area contributed by atoms with Crippen molar-refractivity contribution in [2.75, 3.05) is 37.9 Å². The van der Waals surface area contributed by atoms with Gasteiger partial charge in [0.2, 0.25) is 0 Å². The number of carbonyl (C=O) groups is 1. The first-order valence-electron chi connectivity index (χ1n) is 5.57. The molecular weight excluding hydrogens is 218 g/mol. The topological polar surface area (TPSA) is 67.6 Å². The third-order valence-electron chi connectivity index (χ3n) is 2.40. The zero-order valence-corrected chi connectivity index (χ0v) is 10.3. The van der Waals surface area contributed by atoms with Crippen molar-refractivity contribution < 1.29 is 9.53 Å². The largest absolute Gasteiger partial charge is 0.399 e. The van der Waals surface area contributed by atoms with E-state index in [0.29, 0.717) is 25.4 Å². The number of carbonyl (C=O) groups excluding carboxylic acids is 1. The summed E-state index contributed by atoms with van der Waals surface area (Å²) < 4.78 is 4.95. The van der Waals surface area contributed by atoms with Gasteiger partial charge in [-0.3, -0.25) is 0 Å². The van der Waals surface area contributed by atoms with Crippen LogP contribution in [0.5, 0.6) is 0 Å². The number of methoxy groups -OCH3 is 1. The molecule has 94 valence electrons. The van der Waals surface area contributed by atoms with Gasteiger partial charge in [0.25, 0.3) is 0 Å². The number of benzene rings is 1. The third-order valence-corrected chi connectivity index (χ3v) is 2.40. The molecule has 0 fully saturated rings. The highest BCUT2D eigenvalue weighted by Crippen LogP contribution is 2.11. The molecule has 1 aromatic rings. The Morgan fingerprint density at radius 3 is 2.59 bits per heavy atom. The van der Waals surface area contributed by atoms with Crippen molar-refractivity contribution >= 4 is 17.4 Å². The molecule has 5 nitrogen and oxygen atoms in total. The number of amides is 2. The molecule has 2 amide bonds. The molecule has 0 aliphatic rings. The van der Waals surface area contributed by atoms with Gasteiger partial charge in [-0.05, 0) is 31.2 Å². The van der Waals surface area contributed by atoms with Crippen molar-refractivity contribution in [1.82, 2.24) is 4.90 Å². The van der Waals surface area contributed by atoms with E-state index >= 15 is 0 Å². The maximum Gasteiger partial charge on any atom is 0.321 e. The Hall–Kier alpha value is -1.75. The van der Waals surface area contributed by atoms with E-state index < -0.39 is 0 Å². The summed E-state index contributed by atoms with van der Waals surface area (Å²) >= 11 is 0. The van der Waals surface area contributed by atoms with Gasteiger partial charge < -0.3 is 20.7 Å². The Kier molecular flexibility index (Phi) is 5.29.